The van der Waals surface area contributed by atoms with Gasteiger partial charge in [-0.15, -0.1) is 23.6 Å². The van der Waals surface area contributed by atoms with Crippen molar-refractivity contribution in [3.63, 3.8) is 0 Å². The Balaban J connectivity index is 0.00000505. The van der Waals surface area contributed by atoms with E-state index in [1.165, 1.54) is 16.7 Å². The topological polar surface area (TPSA) is 35.9 Å². The van der Waals surface area contributed by atoms with Crippen molar-refractivity contribution in [2.75, 3.05) is 0 Å². The molecule has 0 N–H and O–H groups in total. The second kappa shape index (κ2) is 17.1. The van der Waals surface area contributed by atoms with Crippen molar-refractivity contribution in [1.29, 1.82) is 0 Å². The predicted molar refractivity (Wildman–Crippen MR) is 279 cm³/mol. The fourth-order valence-electron chi connectivity index (χ4n) is 10.3. The first-order chi connectivity index (χ1) is 33.9. The van der Waals surface area contributed by atoms with Gasteiger partial charge in [0.2, 0.25) is 0 Å². The zero-order valence-electron chi connectivity index (χ0n) is 38.7. The van der Waals surface area contributed by atoms with Gasteiger partial charge in [-0.3, -0.25) is 4.57 Å². The van der Waals surface area contributed by atoms with Gasteiger partial charge in [0.15, 0.2) is 0 Å². The predicted octanol–water partition coefficient (Wildman–Crippen LogP) is 15.5. The van der Waals surface area contributed by atoms with Crippen molar-refractivity contribution in [3.8, 4) is 84.3 Å². The second-order valence-electron chi connectivity index (χ2n) is 18.8. The summed E-state index contributed by atoms with van der Waals surface area (Å²) in [5.41, 5.74) is 18.1. The van der Waals surface area contributed by atoms with E-state index in [0.29, 0.717) is 11.5 Å². The molecule has 0 saturated carbocycles. The van der Waals surface area contributed by atoms with Crippen LogP contribution in [0.1, 0.15) is 26.3 Å². The number of hydrogen-bond acceptors (Lipinski definition) is 2. The summed E-state index contributed by atoms with van der Waals surface area (Å²) < 4.78 is 13.7. The Morgan fingerprint density at radius 3 is 1.80 bits per heavy atom. The van der Waals surface area contributed by atoms with Crippen LogP contribution in [0.25, 0.3) is 106 Å². The standard InChI is InChI=1S/C64H44N4O.Pt/c1-64(2,3)44-35-36-65-61(37-44)68-57-33-15-14-29-52(57)56-39-55(43-21-8-5-9-22-43)60(40-59(56)68)69-46-24-16-23-45(38-46)66-41-67-62-47(42-19-6-4-7-20-42)30-17-31-53(62)50-27-12-10-25-48(50)49-26-11-13-28-51(49)54-32-18-34-58(66)63(54)67;/h4-37,39H,1-3H3;/q-2;. The van der Waals surface area contributed by atoms with Crippen molar-refractivity contribution in [2.24, 2.45) is 0 Å². The van der Waals surface area contributed by atoms with Gasteiger partial charge in [-0.25, -0.2) is 4.98 Å². The fraction of sp³-hybridized carbons (Fsp3) is 0.0625. The molecule has 5 nitrogen and oxygen atoms in total. The van der Waals surface area contributed by atoms with E-state index in [2.05, 4.69) is 241 Å². The van der Waals surface area contributed by atoms with E-state index < -0.39 is 0 Å². The molecule has 12 aromatic rings. The molecule has 6 heteroatoms. The SMILES string of the molecule is CC(C)(C)c1ccnc(-n2c3[c-]c(Oc4[c-]c(-n5[c-][n+]6c7c(cccc75)-c5ccccc5-c5ccccc5-c5cccc(-c7ccccc7)c5-6)ccc4)c(-c4ccccc4)cc3c3ccccc32)c1.[Pt]. The second-order valence-corrected chi connectivity index (χ2v) is 18.8. The van der Waals surface area contributed by atoms with Crippen LogP contribution in [0.5, 0.6) is 11.5 Å². The summed E-state index contributed by atoms with van der Waals surface area (Å²) >= 11 is 0. The van der Waals surface area contributed by atoms with Gasteiger partial charge in [0, 0.05) is 44.3 Å². The Morgan fingerprint density at radius 1 is 0.500 bits per heavy atom. The number of ether oxygens (including phenoxy) is 1. The van der Waals surface area contributed by atoms with Crippen LogP contribution in [0.15, 0.2) is 212 Å². The summed E-state index contributed by atoms with van der Waals surface area (Å²) in [6, 6.07) is 80.5. The molecule has 70 heavy (non-hydrogen) atoms. The summed E-state index contributed by atoms with van der Waals surface area (Å²) in [6.07, 6.45) is 5.82. The minimum Gasteiger partial charge on any atom is -0.509 e. The van der Waals surface area contributed by atoms with Gasteiger partial charge < -0.3 is 13.9 Å². The van der Waals surface area contributed by atoms with E-state index in [4.69, 9.17) is 9.72 Å². The minimum atomic E-state index is -0.0575. The summed E-state index contributed by atoms with van der Waals surface area (Å²) in [6.45, 7) is 6.70. The van der Waals surface area contributed by atoms with Crippen LogP contribution in [0, 0.1) is 18.5 Å². The van der Waals surface area contributed by atoms with Gasteiger partial charge in [0.1, 0.15) is 5.82 Å². The average molecular weight is 1080 g/mol. The van der Waals surface area contributed by atoms with Crippen molar-refractivity contribution >= 4 is 32.8 Å². The quantitative estimate of drug-likeness (QED) is 0.123. The van der Waals surface area contributed by atoms with Crippen LogP contribution in [0.2, 0.25) is 0 Å². The van der Waals surface area contributed by atoms with Crippen molar-refractivity contribution in [1.82, 2.24) is 14.1 Å². The zero-order valence-corrected chi connectivity index (χ0v) is 41.0. The molecule has 0 spiro atoms. The van der Waals surface area contributed by atoms with Gasteiger partial charge in [-0.05, 0) is 84.8 Å². The summed E-state index contributed by atoms with van der Waals surface area (Å²) in [5, 5.41) is 2.19. The van der Waals surface area contributed by atoms with Gasteiger partial charge in [0.25, 0.3) is 6.33 Å². The molecule has 0 atom stereocenters. The Bertz CT molecular complexity index is 3980. The molecule has 0 saturated heterocycles. The van der Waals surface area contributed by atoms with E-state index in [1.54, 1.807) is 0 Å². The van der Waals surface area contributed by atoms with E-state index in [9.17, 15) is 0 Å². The molecule has 0 amide bonds. The first kappa shape index (κ1) is 43.2. The molecule has 13 rings (SSSR count). The third-order valence-electron chi connectivity index (χ3n) is 13.6. The van der Waals surface area contributed by atoms with Crippen LogP contribution in [-0.4, -0.2) is 14.1 Å². The number of aromatic nitrogens is 4. The monoisotopic (exact) mass is 1080 g/mol. The largest absolute Gasteiger partial charge is 0.509 e. The van der Waals surface area contributed by atoms with E-state index in [-0.39, 0.29) is 26.5 Å². The molecule has 0 radical (unpaired) electrons. The van der Waals surface area contributed by atoms with Crippen LogP contribution in [0.3, 0.4) is 0 Å². The van der Waals surface area contributed by atoms with Gasteiger partial charge >= 0.3 is 0 Å². The van der Waals surface area contributed by atoms with E-state index >= 15 is 0 Å². The van der Waals surface area contributed by atoms with E-state index in [1.807, 2.05) is 24.4 Å². The zero-order chi connectivity index (χ0) is 46.2. The number of pyridine rings is 1. The summed E-state index contributed by atoms with van der Waals surface area (Å²) in [5.74, 6) is 1.98. The van der Waals surface area contributed by atoms with Gasteiger partial charge in [0.05, 0.1) is 16.7 Å². The minimum absolute atomic E-state index is 0. The molecular weight excluding hydrogens is 1040 g/mol. The molecule has 0 unspecified atom stereocenters. The van der Waals surface area contributed by atoms with Crippen molar-refractivity contribution < 1.29 is 30.4 Å². The molecule has 3 aromatic heterocycles. The molecule has 9 aromatic carbocycles. The molecule has 0 fully saturated rings. The number of nitrogens with zero attached hydrogens (tertiary/aromatic N) is 4. The van der Waals surface area contributed by atoms with Gasteiger partial charge in [-0.2, -0.15) is 18.2 Å². The Kier molecular flexibility index (Phi) is 10.6. The maximum Gasteiger partial charge on any atom is 0.268 e. The third-order valence-corrected chi connectivity index (χ3v) is 13.6. The Hall–Kier alpha value is -8.11. The third kappa shape index (κ3) is 7.11. The van der Waals surface area contributed by atoms with Crippen molar-refractivity contribution in [2.45, 2.75) is 26.2 Å². The number of imidazole rings is 1. The van der Waals surface area contributed by atoms with Crippen molar-refractivity contribution in [3.05, 3.63) is 236 Å². The maximum absolute atomic E-state index is 7.08. The maximum atomic E-state index is 7.08. The molecular formula is C64H44N4OPt-2. The first-order valence-electron chi connectivity index (χ1n) is 23.5. The fourth-order valence-corrected chi connectivity index (χ4v) is 10.3. The Morgan fingerprint density at radius 2 is 1.07 bits per heavy atom. The molecule has 1 aliphatic rings. The summed E-state index contributed by atoms with van der Waals surface area (Å²) in [7, 11) is 0. The van der Waals surface area contributed by atoms with E-state index in [0.717, 1.165) is 94.5 Å². The van der Waals surface area contributed by atoms with Crippen LogP contribution >= 0.6 is 0 Å². The number of benzene rings is 9. The molecule has 4 heterocycles. The number of fused-ring (bicyclic) bond motifs is 10. The Labute approximate surface area is 421 Å². The molecule has 338 valence electrons. The van der Waals surface area contributed by atoms with Crippen LogP contribution < -0.4 is 9.30 Å². The molecule has 0 aliphatic carbocycles. The number of hydrogen-bond donors (Lipinski definition) is 0. The average Bonchev–Trinajstić information content (AvgIpc) is 3.95. The number of rotatable bonds is 6. The smallest absolute Gasteiger partial charge is 0.268 e. The van der Waals surface area contributed by atoms with Crippen LogP contribution in [0.4, 0.5) is 0 Å². The molecule has 1 aliphatic heterocycles. The summed E-state index contributed by atoms with van der Waals surface area (Å²) in [4.78, 5) is 4.94. The normalized spacial score (nSPS) is 11.8. The van der Waals surface area contributed by atoms with Gasteiger partial charge in [-0.1, -0.05) is 201 Å². The number of para-hydroxylation sites is 3. The molecule has 0 bridgehead atoms. The van der Waals surface area contributed by atoms with Crippen LogP contribution in [-0.2, 0) is 26.5 Å². The first-order valence-corrected chi connectivity index (χ1v) is 23.5.